The van der Waals surface area contributed by atoms with Gasteiger partial charge in [0.25, 0.3) is 0 Å². The van der Waals surface area contributed by atoms with Crippen molar-refractivity contribution in [1.29, 1.82) is 0 Å². The zero-order chi connectivity index (χ0) is 20.2. The molecule has 2 rings (SSSR count). The Hall–Kier alpha value is -1.32. The van der Waals surface area contributed by atoms with Crippen LogP contribution in [0.1, 0.15) is 73.6 Å². The molecule has 0 aliphatic heterocycles. The molecule has 1 saturated carbocycles. The van der Waals surface area contributed by atoms with Crippen LogP contribution in [0.15, 0.2) is 12.2 Å². The van der Waals surface area contributed by atoms with Gasteiger partial charge in [-0.3, -0.25) is 9.59 Å². The molecule has 2 bridgehead atoms. The second-order valence-corrected chi connectivity index (χ2v) is 9.26. The van der Waals surface area contributed by atoms with Crippen molar-refractivity contribution in [2.75, 3.05) is 13.2 Å². The Kier molecular flexibility index (Phi) is 7.15. The van der Waals surface area contributed by atoms with Crippen LogP contribution in [0.2, 0.25) is 0 Å². The second-order valence-electron chi connectivity index (χ2n) is 9.26. The molecule has 0 amide bonds. The molecule has 27 heavy (non-hydrogen) atoms. The minimum absolute atomic E-state index is 0.0697. The van der Waals surface area contributed by atoms with Crippen molar-refractivity contribution in [2.45, 2.75) is 73.6 Å². The monoisotopic (exact) mass is 378 g/mol. The number of carbonyl (C=O) groups excluding carboxylic acids is 2. The van der Waals surface area contributed by atoms with Crippen molar-refractivity contribution in [3.05, 3.63) is 12.2 Å². The zero-order valence-electron chi connectivity index (χ0n) is 18.0. The predicted octanol–water partition coefficient (Wildman–Crippen LogP) is 5.16. The molecule has 2 unspecified atom stereocenters. The normalized spacial score (nSPS) is 31.7. The van der Waals surface area contributed by atoms with E-state index in [2.05, 4.69) is 26.0 Å². The lowest BCUT2D eigenvalue weighted by Gasteiger charge is -2.48. The lowest BCUT2D eigenvalue weighted by atomic mass is 9.54. The smallest absolute Gasteiger partial charge is 0.313 e. The Balaban J connectivity index is 2.50. The molecule has 0 saturated heterocycles. The first-order chi connectivity index (χ1) is 12.8. The van der Waals surface area contributed by atoms with Gasteiger partial charge in [-0.05, 0) is 42.9 Å². The van der Waals surface area contributed by atoms with Crippen molar-refractivity contribution in [1.82, 2.24) is 0 Å². The van der Waals surface area contributed by atoms with E-state index in [9.17, 15) is 9.59 Å². The van der Waals surface area contributed by atoms with E-state index in [0.717, 1.165) is 19.3 Å². The largest absolute Gasteiger partial charge is 0.465 e. The van der Waals surface area contributed by atoms with Gasteiger partial charge in [-0.1, -0.05) is 66.5 Å². The summed E-state index contributed by atoms with van der Waals surface area (Å²) in [7, 11) is 0. The minimum atomic E-state index is -0.792. The molecule has 0 aromatic heterocycles. The fraction of sp³-hybridized carbons (Fsp3) is 0.826. The molecule has 4 atom stereocenters. The van der Waals surface area contributed by atoms with E-state index < -0.39 is 10.8 Å². The van der Waals surface area contributed by atoms with Crippen LogP contribution in [0.5, 0.6) is 0 Å². The van der Waals surface area contributed by atoms with E-state index in [1.165, 1.54) is 0 Å². The van der Waals surface area contributed by atoms with Gasteiger partial charge in [-0.2, -0.15) is 0 Å². The molecule has 0 aromatic rings. The van der Waals surface area contributed by atoms with E-state index in [-0.39, 0.29) is 35.6 Å². The van der Waals surface area contributed by atoms with Crippen LogP contribution in [0.25, 0.3) is 0 Å². The first-order valence-electron chi connectivity index (χ1n) is 10.8. The number of hydrogen-bond donors (Lipinski definition) is 0. The van der Waals surface area contributed by atoms with Gasteiger partial charge in [0.15, 0.2) is 0 Å². The molecular weight excluding hydrogens is 340 g/mol. The average molecular weight is 379 g/mol. The Morgan fingerprint density at radius 3 is 1.52 bits per heavy atom. The molecule has 0 radical (unpaired) electrons. The molecular formula is C23H38O4. The molecule has 0 N–H and O–H groups in total. The van der Waals surface area contributed by atoms with E-state index in [1.54, 1.807) is 0 Å². The second kappa shape index (κ2) is 8.79. The van der Waals surface area contributed by atoms with Crippen molar-refractivity contribution in [3.63, 3.8) is 0 Å². The van der Waals surface area contributed by atoms with E-state index in [0.29, 0.717) is 26.1 Å². The molecule has 4 heteroatoms. The van der Waals surface area contributed by atoms with E-state index in [4.69, 9.17) is 9.47 Å². The maximum Gasteiger partial charge on any atom is 0.313 e. The molecule has 0 spiro atoms. The lowest BCUT2D eigenvalue weighted by Crippen LogP contribution is -2.56. The average Bonchev–Trinajstić information content (AvgIpc) is 3.19. The number of fused-ring (bicyclic) bond motifs is 2. The summed E-state index contributed by atoms with van der Waals surface area (Å²) in [5, 5.41) is 0. The van der Waals surface area contributed by atoms with Crippen LogP contribution in [-0.2, 0) is 19.1 Å². The van der Waals surface area contributed by atoms with Gasteiger partial charge in [0.2, 0.25) is 0 Å². The van der Waals surface area contributed by atoms with Gasteiger partial charge in [-0.15, -0.1) is 0 Å². The van der Waals surface area contributed by atoms with Crippen LogP contribution in [-0.4, -0.2) is 25.2 Å². The molecule has 0 heterocycles. The summed E-state index contributed by atoms with van der Waals surface area (Å²) in [4.78, 5) is 27.0. The third-order valence-electron chi connectivity index (χ3n) is 6.26. The molecule has 2 aliphatic carbocycles. The fourth-order valence-corrected chi connectivity index (χ4v) is 5.31. The summed E-state index contributed by atoms with van der Waals surface area (Å²) in [5.41, 5.74) is -1.58. The first-order valence-corrected chi connectivity index (χ1v) is 10.8. The highest BCUT2D eigenvalue weighted by atomic mass is 16.5. The van der Waals surface area contributed by atoms with Gasteiger partial charge in [-0.25, -0.2) is 0 Å². The Morgan fingerprint density at radius 2 is 1.22 bits per heavy atom. The summed E-state index contributed by atoms with van der Waals surface area (Å²) in [6.07, 6.45) is 8.20. The SMILES string of the molecule is CCCC1(C(=O)OCC(C)C)[C@@H]2C=C[C@H](C2)C1(CCC)C(=O)OCC(C)C. The summed E-state index contributed by atoms with van der Waals surface area (Å²) in [5.74, 6) is 0.306. The Labute approximate surface area is 165 Å². The third kappa shape index (κ3) is 3.69. The number of ether oxygens (including phenoxy) is 2. The Morgan fingerprint density at radius 1 is 0.852 bits per heavy atom. The van der Waals surface area contributed by atoms with Crippen molar-refractivity contribution < 1.29 is 19.1 Å². The number of allylic oxidation sites excluding steroid dienone is 2. The van der Waals surface area contributed by atoms with Gasteiger partial charge >= 0.3 is 11.9 Å². The van der Waals surface area contributed by atoms with Crippen LogP contribution < -0.4 is 0 Å². The number of esters is 2. The fourth-order valence-electron chi connectivity index (χ4n) is 5.31. The quantitative estimate of drug-likeness (QED) is 0.389. The van der Waals surface area contributed by atoms with Crippen LogP contribution in [0.3, 0.4) is 0 Å². The molecule has 0 aromatic carbocycles. The summed E-state index contributed by atoms with van der Waals surface area (Å²) < 4.78 is 11.6. The highest BCUT2D eigenvalue weighted by Gasteiger charge is 2.73. The van der Waals surface area contributed by atoms with Crippen molar-refractivity contribution in [2.24, 2.45) is 34.5 Å². The van der Waals surface area contributed by atoms with Crippen molar-refractivity contribution in [3.8, 4) is 0 Å². The highest BCUT2D eigenvalue weighted by Crippen LogP contribution is 2.68. The highest BCUT2D eigenvalue weighted by molar-refractivity contribution is 5.91. The van der Waals surface area contributed by atoms with Crippen LogP contribution >= 0.6 is 0 Å². The number of carbonyl (C=O) groups is 2. The third-order valence-corrected chi connectivity index (χ3v) is 6.26. The standard InChI is InChI=1S/C23H38O4/c1-7-11-22(20(24)26-14-16(3)4)18-9-10-19(13-18)23(22,12-8-2)21(25)27-15-17(5)6/h9-10,16-19H,7-8,11-15H2,1-6H3/t18-,19-,22?,23?/m1/s1. The summed E-state index contributed by atoms with van der Waals surface area (Å²) >= 11 is 0. The molecule has 154 valence electrons. The zero-order valence-corrected chi connectivity index (χ0v) is 18.0. The first kappa shape index (κ1) is 22.0. The molecule has 4 nitrogen and oxygen atoms in total. The van der Waals surface area contributed by atoms with Crippen LogP contribution in [0, 0.1) is 34.5 Å². The van der Waals surface area contributed by atoms with E-state index >= 15 is 0 Å². The summed E-state index contributed by atoms with van der Waals surface area (Å²) in [6, 6.07) is 0. The van der Waals surface area contributed by atoms with Crippen LogP contribution in [0.4, 0.5) is 0 Å². The topological polar surface area (TPSA) is 52.6 Å². The van der Waals surface area contributed by atoms with Gasteiger partial charge in [0, 0.05) is 0 Å². The molecule has 2 aliphatic rings. The molecule has 1 fully saturated rings. The van der Waals surface area contributed by atoms with Gasteiger partial charge < -0.3 is 9.47 Å². The van der Waals surface area contributed by atoms with Gasteiger partial charge in [0.05, 0.1) is 24.0 Å². The predicted molar refractivity (Wildman–Crippen MR) is 107 cm³/mol. The number of hydrogen-bond acceptors (Lipinski definition) is 4. The van der Waals surface area contributed by atoms with Gasteiger partial charge in [0.1, 0.15) is 0 Å². The summed E-state index contributed by atoms with van der Waals surface area (Å²) in [6.45, 7) is 13.1. The minimum Gasteiger partial charge on any atom is -0.465 e. The van der Waals surface area contributed by atoms with Crippen molar-refractivity contribution >= 4 is 11.9 Å². The maximum atomic E-state index is 13.5. The lowest BCUT2D eigenvalue weighted by molar-refractivity contribution is -0.187. The maximum absolute atomic E-state index is 13.5. The Bertz CT molecular complexity index is 517. The number of rotatable bonds is 10. The van der Waals surface area contributed by atoms with E-state index in [1.807, 2.05) is 27.7 Å².